The average Bonchev–Trinajstić information content (AvgIpc) is 3.21. The molecule has 0 bridgehead atoms. The average molecular weight is 458 g/mol. The Kier molecular flexibility index (Phi) is 7.91. The molecule has 1 aromatic carbocycles. The minimum Gasteiger partial charge on any atom is -0.508 e. The monoisotopic (exact) mass is 457 g/mol. The normalized spacial score (nSPS) is 24.7. The van der Waals surface area contributed by atoms with E-state index in [0.29, 0.717) is 18.2 Å². The fourth-order valence-electron chi connectivity index (χ4n) is 5.54. The molecule has 4 rings (SSSR count). The zero-order valence-electron chi connectivity index (χ0n) is 20.1. The van der Waals surface area contributed by atoms with Crippen molar-refractivity contribution in [3.05, 3.63) is 23.5 Å². The first kappa shape index (κ1) is 24.0. The van der Waals surface area contributed by atoms with Crippen molar-refractivity contribution in [1.29, 1.82) is 0 Å². The van der Waals surface area contributed by atoms with Crippen LogP contribution in [0, 0.1) is 5.92 Å². The number of aromatic nitrogens is 2. The van der Waals surface area contributed by atoms with E-state index < -0.39 is 5.97 Å². The van der Waals surface area contributed by atoms with Gasteiger partial charge in [0, 0.05) is 30.7 Å². The second-order valence-corrected chi connectivity index (χ2v) is 9.94. The van der Waals surface area contributed by atoms with Crippen LogP contribution in [0.2, 0.25) is 0 Å². The van der Waals surface area contributed by atoms with Crippen molar-refractivity contribution < 1.29 is 19.7 Å². The molecule has 7 heteroatoms. The first-order valence-corrected chi connectivity index (χ1v) is 12.7. The number of rotatable bonds is 9. The molecule has 1 aliphatic heterocycles. The largest absolute Gasteiger partial charge is 0.508 e. The molecule has 0 radical (unpaired) electrons. The number of carbonyl (C=O) groups is 1. The fourth-order valence-corrected chi connectivity index (χ4v) is 5.54. The van der Waals surface area contributed by atoms with Crippen molar-refractivity contribution in [1.82, 2.24) is 14.9 Å². The van der Waals surface area contributed by atoms with Crippen LogP contribution in [0.5, 0.6) is 5.75 Å². The maximum absolute atomic E-state index is 11.7. The third-order valence-corrected chi connectivity index (χ3v) is 7.66. The highest BCUT2D eigenvalue weighted by molar-refractivity contribution is 5.82. The maximum atomic E-state index is 11.7. The molecule has 3 N–H and O–H groups in total. The lowest BCUT2D eigenvalue weighted by atomic mass is 9.85. The SMILES string of the molecule is CNC(C)CCc1c(O)ccc2c1nc(CCC1CCCCO1)n2C1CCCC(C(=O)O)C1. The van der Waals surface area contributed by atoms with Gasteiger partial charge < -0.3 is 24.8 Å². The molecule has 33 heavy (non-hydrogen) atoms. The van der Waals surface area contributed by atoms with Crippen LogP contribution in [0.3, 0.4) is 0 Å². The Morgan fingerprint density at radius 1 is 1.24 bits per heavy atom. The van der Waals surface area contributed by atoms with Crippen LogP contribution in [0.15, 0.2) is 12.1 Å². The highest BCUT2D eigenvalue weighted by atomic mass is 16.5. The van der Waals surface area contributed by atoms with Gasteiger partial charge in [0.2, 0.25) is 0 Å². The summed E-state index contributed by atoms with van der Waals surface area (Å²) >= 11 is 0. The molecule has 1 saturated carbocycles. The minimum atomic E-state index is -0.694. The molecule has 182 valence electrons. The van der Waals surface area contributed by atoms with Crippen molar-refractivity contribution in [3.8, 4) is 5.75 Å². The number of aliphatic carboxylic acids is 1. The molecular formula is C26H39N3O4. The van der Waals surface area contributed by atoms with Gasteiger partial charge in [-0.3, -0.25) is 4.79 Å². The first-order valence-electron chi connectivity index (χ1n) is 12.7. The van der Waals surface area contributed by atoms with Crippen LogP contribution < -0.4 is 5.32 Å². The molecule has 2 heterocycles. The van der Waals surface area contributed by atoms with Gasteiger partial charge in [-0.25, -0.2) is 4.98 Å². The van der Waals surface area contributed by atoms with Crippen LogP contribution >= 0.6 is 0 Å². The molecule has 7 nitrogen and oxygen atoms in total. The van der Waals surface area contributed by atoms with Gasteiger partial charge in [0.1, 0.15) is 11.6 Å². The van der Waals surface area contributed by atoms with Crippen LogP contribution in [0.4, 0.5) is 0 Å². The minimum absolute atomic E-state index is 0.126. The van der Waals surface area contributed by atoms with Gasteiger partial charge in [-0.15, -0.1) is 0 Å². The third-order valence-electron chi connectivity index (χ3n) is 7.66. The molecule has 1 saturated heterocycles. The molecule has 0 spiro atoms. The number of phenols is 1. The van der Waals surface area contributed by atoms with E-state index >= 15 is 0 Å². The Balaban J connectivity index is 1.69. The number of nitrogens with zero attached hydrogens (tertiary/aromatic N) is 2. The smallest absolute Gasteiger partial charge is 0.306 e. The van der Waals surface area contributed by atoms with Crippen molar-refractivity contribution in [2.75, 3.05) is 13.7 Å². The van der Waals surface area contributed by atoms with Crippen molar-refractivity contribution in [2.24, 2.45) is 5.92 Å². The topological polar surface area (TPSA) is 96.6 Å². The number of imidazole rings is 1. The number of fused-ring (bicyclic) bond motifs is 1. The number of aromatic hydroxyl groups is 1. The fraction of sp³-hybridized carbons (Fsp3) is 0.692. The van der Waals surface area contributed by atoms with E-state index in [1.807, 2.05) is 13.1 Å². The zero-order chi connectivity index (χ0) is 23.4. The summed E-state index contributed by atoms with van der Waals surface area (Å²) in [6, 6.07) is 4.22. The lowest BCUT2D eigenvalue weighted by molar-refractivity contribution is -0.143. The van der Waals surface area contributed by atoms with E-state index in [1.165, 1.54) is 6.42 Å². The summed E-state index contributed by atoms with van der Waals surface area (Å²) in [6.45, 7) is 2.98. The van der Waals surface area contributed by atoms with Crippen LogP contribution in [0.1, 0.15) is 82.1 Å². The van der Waals surface area contributed by atoms with E-state index in [0.717, 1.165) is 86.8 Å². The third kappa shape index (κ3) is 5.52. The Morgan fingerprint density at radius 2 is 2.09 bits per heavy atom. The number of carboxylic acid groups (broad SMARTS) is 1. The number of aryl methyl sites for hydroxylation is 2. The summed E-state index contributed by atoms with van der Waals surface area (Å²) in [5, 5.41) is 23.6. The van der Waals surface area contributed by atoms with Gasteiger partial charge in [0.15, 0.2) is 0 Å². The van der Waals surface area contributed by atoms with E-state index in [4.69, 9.17) is 9.72 Å². The number of phenolic OH excluding ortho intramolecular Hbond substituents is 1. The van der Waals surface area contributed by atoms with E-state index in [2.05, 4.69) is 16.8 Å². The summed E-state index contributed by atoms with van der Waals surface area (Å²) in [7, 11) is 1.95. The summed E-state index contributed by atoms with van der Waals surface area (Å²) < 4.78 is 8.27. The van der Waals surface area contributed by atoms with Crippen LogP contribution in [-0.2, 0) is 22.4 Å². The lowest BCUT2D eigenvalue weighted by Gasteiger charge is -2.30. The number of ether oxygens (including phenoxy) is 1. The molecule has 4 atom stereocenters. The molecule has 1 aliphatic carbocycles. The van der Waals surface area contributed by atoms with Crippen molar-refractivity contribution in [3.63, 3.8) is 0 Å². The molecule has 4 unspecified atom stereocenters. The van der Waals surface area contributed by atoms with Crippen molar-refractivity contribution >= 4 is 17.0 Å². The number of nitrogens with one attached hydrogen (secondary N) is 1. The van der Waals surface area contributed by atoms with Crippen LogP contribution in [0.25, 0.3) is 11.0 Å². The predicted molar refractivity (Wildman–Crippen MR) is 129 cm³/mol. The Labute approximate surface area is 196 Å². The van der Waals surface area contributed by atoms with E-state index in [1.54, 1.807) is 6.07 Å². The molecule has 1 aromatic heterocycles. The standard InChI is InChI=1S/C26H39N3O4/c1-17(27-2)9-11-21-23(30)13-12-22-25(21)28-24(14-10-20-8-3-4-15-33-20)29(22)19-7-5-6-18(16-19)26(31)32/h12-13,17-20,27,30H,3-11,14-16H2,1-2H3,(H,31,32). The van der Waals surface area contributed by atoms with Gasteiger partial charge in [-0.1, -0.05) is 6.42 Å². The lowest BCUT2D eigenvalue weighted by Crippen LogP contribution is -2.26. The molecule has 2 aliphatic rings. The second-order valence-electron chi connectivity index (χ2n) is 9.94. The Hall–Kier alpha value is -2.12. The first-order chi connectivity index (χ1) is 16.0. The summed E-state index contributed by atoms with van der Waals surface area (Å²) in [4.78, 5) is 16.8. The predicted octanol–water partition coefficient (Wildman–Crippen LogP) is 4.60. The molecule has 0 amide bonds. The number of benzene rings is 1. The Morgan fingerprint density at radius 3 is 2.82 bits per heavy atom. The molecular weight excluding hydrogens is 418 g/mol. The number of carboxylic acids is 1. The van der Waals surface area contributed by atoms with Crippen molar-refractivity contribution in [2.45, 2.75) is 95.7 Å². The molecule has 2 fully saturated rings. The van der Waals surface area contributed by atoms with E-state index in [-0.39, 0.29) is 18.1 Å². The highest BCUT2D eigenvalue weighted by Crippen LogP contribution is 2.38. The molecule has 2 aromatic rings. The quantitative estimate of drug-likeness (QED) is 0.509. The highest BCUT2D eigenvalue weighted by Gasteiger charge is 2.31. The van der Waals surface area contributed by atoms with Gasteiger partial charge >= 0.3 is 5.97 Å². The van der Waals surface area contributed by atoms with Gasteiger partial charge in [-0.05, 0) is 83.9 Å². The maximum Gasteiger partial charge on any atom is 0.306 e. The summed E-state index contributed by atoms with van der Waals surface area (Å²) in [5.41, 5.74) is 2.79. The summed E-state index contributed by atoms with van der Waals surface area (Å²) in [6.07, 6.45) is 10.4. The second kappa shape index (κ2) is 10.9. The van der Waals surface area contributed by atoms with Gasteiger partial charge in [0.25, 0.3) is 0 Å². The zero-order valence-corrected chi connectivity index (χ0v) is 20.1. The number of hydrogen-bond acceptors (Lipinski definition) is 5. The van der Waals surface area contributed by atoms with Gasteiger partial charge in [0.05, 0.1) is 23.1 Å². The van der Waals surface area contributed by atoms with E-state index in [9.17, 15) is 15.0 Å². The summed E-state index contributed by atoms with van der Waals surface area (Å²) in [5.74, 6) is 0.304. The number of hydrogen-bond donors (Lipinski definition) is 3. The Bertz CT molecular complexity index is 951. The van der Waals surface area contributed by atoms with Gasteiger partial charge in [-0.2, -0.15) is 0 Å². The van der Waals surface area contributed by atoms with Crippen LogP contribution in [-0.4, -0.2) is 51.5 Å².